The molecule has 0 atom stereocenters. The third-order valence-corrected chi connectivity index (χ3v) is 15.1. The van der Waals surface area contributed by atoms with Gasteiger partial charge in [0.25, 0.3) is 0 Å². The maximum absolute atomic E-state index is 7.56. The second kappa shape index (κ2) is 5.87. The lowest BCUT2D eigenvalue weighted by Crippen LogP contribution is -2.47. The average molecular weight is 287 g/mol. The van der Waals surface area contributed by atoms with Gasteiger partial charge in [-0.05, 0) is 22.5 Å². The molecule has 2 aliphatic carbocycles. The molecule has 0 N–H and O–H groups in total. The summed E-state index contributed by atoms with van der Waals surface area (Å²) in [6.07, 6.45) is 14.2. The molecule has 18 heavy (non-hydrogen) atoms. The zero-order valence-corrected chi connectivity index (χ0v) is 14.4. The van der Waals surface area contributed by atoms with Crippen LogP contribution >= 0.6 is 11.1 Å². The Bertz CT molecular complexity index is 246. The zero-order valence-electron chi connectivity index (χ0n) is 12.6. The van der Waals surface area contributed by atoms with Crippen molar-refractivity contribution in [1.82, 2.24) is 0 Å². The van der Waals surface area contributed by atoms with Crippen molar-refractivity contribution >= 4 is 18.5 Å². The van der Waals surface area contributed by atoms with Crippen LogP contribution in [0.25, 0.3) is 0 Å². The van der Waals surface area contributed by atoms with Crippen LogP contribution in [-0.2, 0) is 0 Å². The van der Waals surface area contributed by atoms with Crippen LogP contribution in [0.4, 0.5) is 0 Å². The summed E-state index contributed by atoms with van der Waals surface area (Å²) in [5.74, 6) is 0. The van der Waals surface area contributed by atoms with Crippen molar-refractivity contribution in [2.24, 2.45) is 0 Å². The first-order valence-electron chi connectivity index (χ1n) is 8.21. The van der Waals surface area contributed by atoms with E-state index >= 15 is 0 Å². The molecule has 0 amide bonds. The molecular formula is C16H31ClSi. The van der Waals surface area contributed by atoms with Gasteiger partial charge in [0, 0.05) is 0 Å². The van der Waals surface area contributed by atoms with Gasteiger partial charge in [-0.25, -0.2) is 0 Å². The number of rotatable bonds is 5. The molecule has 2 aliphatic rings. The Labute approximate surface area is 120 Å². The predicted molar refractivity (Wildman–Crippen MR) is 85.0 cm³/mol. The molecule has 0 nitrogen and oxygen atoms in total. The molecule has 0 saturated heterocycles. The topological polar surface area (TPSA) is 0 Å². The van der Waals surface area contributed by atoms with Crippen LogP contribution in [0.5, 0.6) is 0 Å². The van der Waals surface area contributed by atoms with Crippen molar-refractivity contribution in [2.75, 3.05) is 0 Å². The molecule has 2 saturated carbocycles. The van der Waals surface area contributed by atoms with Gasteiger partial charge >= 0.3 is 0 Å². The molecule has 0 aromatic carbocycles. The van der Waals surface area contributed by atoms with Gasteiger partial charge in [-0.2, -0.15) is 11.1 Å². The second-order valence-corrected chi connectivity index (χ2v) is 13.8. The van der Waals surface area contributed by atoms with Crippen LogP contribution in [-0.4, -0.2) is 7.38 Å². The van der Waals surface area contributed by atoms with E-state index in [4.69, 9.17) is 11.1 Å². The molecule has 0 unspecified atom stereocenters. The number of halogens is 1. The van der Waals surface area contributed by atoms with Gasteiger partial charge < -0.3 is 0 Å². The third kappa shape index (κ3) is 2.54. The van der Waals surface area contributed by atoms with Crippen LogP contribution in [0.15, 0.2) is 0 Å². The van der Waals surface area contributed by atoms with E-state index in [0.29, 0.717) is 5.04 Å². The lowest BCUT2D eigenvalue weighted by atomic mass is 10.1. The fraction of sp³-hybridized carbons (Fsp3) is 1.00. The largest absolute Gasteiger partial charge is 0.168 e. The van der Waals surface area contributed by atoms with Crippen molar-refractivity contribution in [3.63, 3.8) is 0 Å². The van der Waals surface area contributed by atoms with Crippen LogP contribution in [0.3, 0.4) is 0 Å². The van der Waals surface area contributed by atoms with E-state index in [9.17, 15) is 0 Å². The lowest BCUT2D eigenvalue weighted by molar-refractivity contribution is 0.541. The average Bonchev–Trinajstić information content (AvgIpc) is 3.01. The van der Waals surface area contributed by atoms with Crippen molar-refractivity contribution in [1.29, 1.82) is 0 Å². The minimum Gasteiger partial charge on any atom is -0.166 e. The van der Waals surface area contributed by atoms with E-state index in [1.807, 2.05) is 0 Å². The number of hydrogen-bond acceptors (Lipinski definition) is 0. The van der Waals surface area contributed by atoms with Crippen molar-refractivity contribution in [2.45, 2.75) is 101 Å². The normalized spacial score (nSPS) is 24.0. The first kappa shape index (κ1) is 14.9. The Balaban J connectivity index is 2.25. The number of hydrogen-bond donors (Lipinski definition) is 0. The molecule has 0 aliphatic heterocycles. The standard InChI is InChI=1S/C16H31ClSi/c1-4-13-16(2,3)18(17,14-9-5-6-10-14)15-11-7-8-12-15/h14-15H,4-13H2,1-3H3. The van der Waals surface area contributed by atoms with E-state index in [1.54, 1.807) is 0 Å². The molecule has 2 rings (SSSR count). The van der Waals surface area contributed by atoms with Gasteiger partial charge in [0.2, 0.25) is 0 Å². The molecule has 2 heteroatoms. The summed E-state index contributed by atoms with van der Waals surface area (Å²) in [5, 5.41) is 0.438. The highest BCUT2D eigenvalue weighted by atomic mass is 35.6. The maximum atomic E-state index is 7.56. The van der Waals surface area contributed by atoms with Crippen LogP contribution in [0, 0.1) is 0 Å². The highest BCUT2D eigenvalue weighted by Gasteiger charge is 2.56. The fourth-order valence-electron chi connectivity index (χ4n) is 4.95. The van der Waals surface area contributed by atoms with Crippen LogP contribution in [0.2, 0.25) is 16.1 Å². The summed E-state index contributed by atoms with van der Waals surface area (Å²) in [4.78, 5) is 0. The molecule has 0 aromatic rings. The summed E-state index contributed by atoms with van der Waals surface area (Å²) < 4.78 is 0. The van der Waals surface area contributed by atoms with E-state index in [1.165, 1.54) is 64.2 Å². The Morgan fingerprint density at radius 3 is 1.67 bits per heavy atom. The first-order chi connectivity index (χ1) is 8.52. The first-order valence-corrected chi connectivity index (χ1v) is 11.4. The van der Waals surface area contributed by atoms with Gasteiger partial charge in [0.1, 0.15) is 0 Å². The van der Waals surface area contributed by atoms with Gasteiger partial charge in [0.05, 0.1) is 0 Å². The SMILES string of the molecule is CCCC(C)(C)[Si](Cl)(C1CCCC1)C1CCCC1. The summed E-state index contributed by atoms with van der Waals surface area (Å²) in [7, 11) is -1.66. The molecule has 0 bridgehead atoms. The Kier molecular flexibility index (Phi) is 4.86. The Morgan fingerprint density at radius 1 is 0.944 bits per heavy atom. The monoisotopic (exact) mass is 286 g/mol. The molecule has 0 aromatic heterocycles. The molecule has 2 fully saturated rings. The summed E-state index contributed by atoms with van der Waals surface area (Å²) >= 11 is 7.56. The fourth-order valence-corrected chi connectivity index (χ4v) is 12.5. The lowest BCUT2D eigenvalue weighted by Gasteiger charge is -2.48. The highest BCUT2D eigenvalue weighted by Crippen LogP contribution is 2.63. The second-order valence-electron chi connectivity index (χ2n) is 7.36. The molecule has 0 radical (unpaired) electrons. The zero-order chi connectivity index (χ0) is 13.2. The highest BCUT2D eigenvalue weighted by molar-refractivity contribution is 7.23. The summed E-state index contributed by atoms with van der Waals surface area (Å²) in [6, 6.07) is 0. The van der Waals surface area contributed by atoms with Crippen LogP contribution < -0.4 is 0 Å². The van der Waals surface area contributed by atoms with E-state index < -0.39 is 7.38 Å². The maximum Gasteiger partial charge on any atom is 0.168 e. The molecule has 0 heterocycles. The third-order valence-electron chi connectivity index (χ3n) is 5.81. The van der Waals surface area contributed by atoms with Crippen molar-refractivity contribution in [3.8, 4) is 0 Å². The van der Waals surface area contributed by atoms with E-state index in [0.717, 1.165) is 11.1 Å². The minimum absolute atomic E-state index is 0.438. The Morgan fingerprint density at radius 2 is 1.33 bits per heavy atom. The van der Waals surface area contributed by atoms with Gasteiger partial charge in [-0.1, -0.05) is 78.6 Å². The van der Waals surface area contributed by atoms with Crippen molar-refractivity contribution < 1.29 is 0 Å². The van der Waals surface area contributed by atoms with E-state index in [-0.39, 0.29) is 0 Å². The minimum atomic E-state index is -1.66. The summed E-state index contributed by atoms with van der Waals surface area (Å²) in [5.41, 5.74) is 1.84. The molecule has 106 valence electrons. The Hall–Kier alpha value is 0.507. The van der Waals surface area contributed by atoms with Gasteiger partial charge in [0.15, 0.2) is 7.38 Å². The molecular weight excluding hydrogens is 256 g/mol. The summed E-state index contributed by atoms with van der Waals surface area (Å²) in [6.45, 7) is 7.34. The predicted octanol–water partition coefficient (Wildman–Crippen LogP) is 6.64. The smallest absolute Gasteiger partial charge is 0.166 e. The molecule has 0 spiro atoms. The quantitative estimate of drug-likeness (QED) is 0.392. The van der Waals surface area contributed by atoms with E-state index in [2.05, 4.69) is 20.8 Å². The van der Waals surface area contributed by atoms with Gasteiger partial charge in [-0.15, -0.1) is 0 Å². The van der Waals surface area contributed by atoms with Crippen molar-refractivity contribution in [3.05, 3.63) is 0 Å². The van der Waals surface area contributed by atoms with Gasteiger partial charge in [-0.3, -0.25) is 0 Å². The van der Waals surface area contributed by atoms with Crippen LogP contribution in [0.1, 0.15) is 85.0 Å².